The van der Waals surface area contributed by atoms with Crippen molar-refractivity contribution in [1.82, 2.24) is 4.98 Å². The second kappa shape index (κ2) is 4.94. The smallest absolute Gasteiger partial charge is 0.228 e. The standard InChI is InChI=1S/C14H13ClN2OS/c1-8-2-4-12(19-8)10-6-11(10)14(18)17-9-3-5-13(15)16-7-9/h2-5,7,10-11H,6H2,1H3,(H,17,18). The van der Waals surface area contributed by atoms with Crippen LogP contribution in [0, 0.1) is 12.8 Å². The number of hydrogen-bond acceptors (Lipinski definition) is 3. The second-order valence-corrected chi connectivity index (χ2v) is 6.46. The van der Waals surface area contributed by atoms with Gasteiger partial charge in [-0.05, 0) is 37.6 Å². The fourth-order valence-electron chi connectivity index (χ4n) is 2.14. The van der Waals surface area contributed by atoms with Crippen molar-refractivity contribution in [2.45, 2.75) is 19.3 Å². The van der Waals surface area contributed by atoms with Crippen LogP contribution in [0.5, 0.6) is 0 Å². The van der Waals surface area contributed by atoms with Gasteiger partial charge < -0.3 is 5.32 Å². The molecule has 3 rings (SSSR count). The Morgan fingerprint density at radius 2 is 2.26 bits per heavy atom. The molecule has 3 nitrogen and oxygen atoms in total. The van der Waals surface area contributed by atoms with Crippen molar-refractivity contribution < 1.29 is 4.79 Å². The average Bonchev–Trinajstić information content (AvgIpc) is 3.08. The Balaban J connectivity index is 1.62. The third-order valence-electron chi connectivity index (χ3n) is 3.25. The number of amides is 1. The zero-order valence-electron chi connectivity index (χ0n) is 10.4. The number of nitrogens with one attached hydrogen (secondary N) is 1. The molecule has 0 aromatic carbocycles. The monoisotopic (exact) mass is 292 g/mol. The Hall–Kier alpha value is -1.39. The fraction of sp³-hybridized carbons (Fsp3) is 0.286. The topological polar surface area (TPSA) is 42.0 Å². The molecule has 0 bridgehead atoms. The van der Waals surface area contributed by atoms with Gasteiger partial charge in [-0.15, -0.1) is 11.3 Å². The quantitative estimate of drug-likeness (QED) is 0.873. The fourth-order valence-corrected chi connectivity index (χ4v) is 3.30. The molecule has 2 aromatic heterocycles. The van der Waals surface area contributed by atoms with E-state index in [0.29, 0.717) is 16.8 Å². The van der Waals surface area contributed by atoms with Gasteiger partial charge in [-0.25, -0.2) is 4.98 Å². The van der Waals surface area contributed by atoms with Crippen LogP contribution < -0.4 is 5.32 Å². The maximum Gasteiger partial charge on any atom is 0.228 e. The number of aryl methyl sites for hydroxylation is 1. The van der Waals surface area contributed by atoms with Crippen LogP contribution in [-0.2, 0) is 4.79 Å². The first-order valence-electron chi connectivity index (χ1n) is 6.12. The van der Waals surface area contributed by atoms with E-state index in [0.717, 1.165) is 6.42 Å². The van der Waals surface area contributed by atoms with Crippen LogP contribution in [0.2, 0.25) is 5.15 Å². The van der Waals surface area contributed by atoms with Crippen molar-refractivity contribution in [3.8, 4) is 0 Å². The molecule has 2 aromatic rings. The third kappa shape index (κ3) is 2.80. The highest BCUT2D eigenvalue weighted by Gasteiger charge is 2.44. The molecule has 1 aliphatic rings. The molecule has 1 N–H and O–H groups in total. The van der Waals surface area contributed by atoms with E-state index in [4.69, 9.17) is 11.6 Å². The molecule has 2 atom stereocenters. The number of hydrogen-bond donors (Lipinski definition) is 1. The van der Waals surface area contributed by atoms with Gasteiger partial charge in [0.25, 0.3) is 0 Å². The molecular formula is C14H13ClN2OS. The molecule has 2 unspecified atom stereocenters. The van der Waals surface area contributed by atoms with Gasteiger partial charge in [-0.3, -0.25) is 4.79 Å². The van der Waals surface area contributed by atoms with Crippen molar-refractivity contribution in [3.63, 3.8) is 0 Å². The second-order valence-electron chi connectivity index (χ2n) is 4.76. The Kier molecular flexibility index (Phi) is 3.29. The van der Waals surface area contributed by atoms with E-state index in [1.165, 1.54) is 9.75 Å². The molecule has 2 heterocycles. The lowest BCUT2D eigenvalue weighted by atomic mass is 10.2. The van der Waals surface area contributed by atoms with Crippen LogP contribution in [-0.4, -0.2) is 10.9 Å². The molecule has 1 amide bonds. The van der Waals surface area contributed by atoms with Crippen LogP contribution in [0.15, 0.2) is 30.5 Å². The van der Waals surface area contributed by atoms with Crippen molar-refractivity contribution in [2.75, 3.05) is 5.32 Å². The zero-order chi connectivity index (χ0) is 13.4. The molecule has 1 aliphatic carbocycles. The summed E-state index contributed by atoms with van der Waals surface area (Å²) in [5.41, 5.74) is 0.697. The molecule has 0 saturated heterocycles. The van der Waals surface area contributed by atoms with Gasteiger partial charge in [-0.2, -0.15) is 0 Å². The van der Waals surface area contributed by atoms with Gasteiger partial charge in [0, 0.05) is 21.6 Å². The molecule has 98 valence electrons. The minimum Gasteiger partial charge on any atom is -0.324 e. The van der Waals surface area contributed by atoms with Gasteiger partial charge in [0.1, 0.15) is 5.15 Å². The average molecular weight is 293 g/mol. The first-order chi connectivity index (χ1) is 9.13. The number of halogens is 1. The lowest BCUT2D eigenvalue weighted by Gasteiger charge is -2.03. The van der Waals surface area contributed by atoms with Crippen molar-refractivity contribution in [1.29, 1.82) is 0 Å². The van der Waals surface area contributed by atoms with Crippen LogP contribution in [0.3, 0.4) is 0 Å². The van der Waals surface area contributed by atoms with Crippen LogP contribution >= 0.6 is 22.9 Å². The number of thiophene rings is 1. The summed E-state index contributed by atoms with van der Waals surface area (Å²) < 4.78 is 0. The number of carbonyl (C=O) groups excluding carboxylic acids is 1. The van der Waals surface area contributed by atoms with Crippen molar-refractivity contribution in [2.24, 2.45) is 5.92 Å². The summed E-state index contributed by atoms with van der Waals surface area (Å²) in [5, 5.41) is 3.31. The zero-order valence-corrected chi connectivity index (χ0v) is 12.0. The van der Waals surface area contributed by atoms with Crippen LogP contribution in [0.4, 0.5) is 5.69 Å². The Morgan fingerprint density at radius 3 is 2.89 bits per heavy atom. The molecule has 19 heavy (non-hydrogen) atoms. The number of pyridine rings is 1. The van der Waals surface area contributed by atoms with E-state index >= 15 is 0 Å². The summed E-state index contributed by atoms with van der Waals surface area (Å²) >= 11 is 7.48. The number of carbonyl (C=O) groups is 1. The normalized spacial score (nSPS) is 21.2. The van der Waals surface area contributed by atoms with Crippen LogP contribution in [0.25, 0.3) is 0 Å². The lowest BCUT2D eigenvalue weighted by molar-refractivity contribution is -0.117. The third-order valence-corrected chi connectivity index (χ3v) is 4.60. The van der Waals surface area contributed by atoms with E-state index in [2.05, 4.69) is 29.4 Å². The van der Waals surface area contributed by atoms with E-state index in [1.807, 2.05) is 0 Å². The highest BCUT2D eigenvalue weighted by atomic mass is 35.5. The lowest BCUT2D eigenvalue weighted by Crippen LogP contribution is -2.14. The largest absolute Gasteiger partial charge is 0.324 e. The summed E-state index contributed by atoms with van der Waals surface area (Å²) in [5.74, 6) is 0.549. The predicted molar refractivity (Wildman–Crippen MR) is 77.8 cm³/mol. The molecule has 5 heteroatoms. The van der Waals surface area contributed by atoms with E-state index < -0.39 is 0 Å². The molecule has 0 spiro atoms. The number of anilines is 1. The number of nitrogens with zero attached hydrogens (tertiary/aromatic N) is 1. The first-order valence-corrected chi connectivity index (χ1v) is 7.31. The predicted octanol–water partition coefficient (Wildman–Crippen LogP) is 3.85. The Morgan fingerprint density at radius 1 is 1.42 bits per heavy atom. The van der Waals surface area contributed by atoms with E-state index in [-0.39, 0.29) is 11.8 Å². The van der Waals surface area contributed by atoms with E-state index in [1.54, 1.807) is 29.7 Å². The Labute approximate surface area is 120 Å². The van der Waals surface area contributed by atoms with Crippen molar-refractivity contribution >= 4 is 34.5 Å². The molecule has 1 fully saturated rings. The van der Waals surface area contributed by atoms with Gasteiger partial charge in [0.2, 0.25) is 5.91 Å². The highest BCUT2D eigenvalue weighted by Crippen LogP contribution is 2.50. The summed E-state index contributed by atoms with van der Waals surface area (Å²) in [4.78, 5) is 18.6. The molecule has 0 aliphatic heterocycles. The maximum atomic E-state index is 12.1. The van der Waals surface area contributed by atoms with Gasteiger partial charge in [0.05, 0.1) is 11.9 Å². The van der Waals surface area contributed by atoms with Crippen molar-refractivity contribution in [3.05, 3.63) is 45.4 Å². The minimum atomic E-state index is 0.0696. The molecular weight excluding hydrogens is 280 g/mol. The Bertz CT molecular complexity index is 608. The SMILES string of the molecule is Cc1ccc(C2CC2C(=O)Nc2ccc(Cl)nc2)s1. The van der Waals surface area contributed by atoms with Gasteiger partial charge >= 0.3 is 0 Å². The highest BCUT2D eigenvalue weighted by molar-refractivity contribution is 7.12. The molecule has 0 radical (unpaired) electrons. The van der Waals surface area contributed by atoms with Crippen LogP contribution in [0.1, 0.15) is 22.1 Å². The maximum absolute atomic E-state index is 12.1. The first kappa shape index (κ1) is 12.6. The van der Waals surface area contributed by atoms with Gasteiger partial charge in [-0.1, -0.05) is 11.6 Å². The summed E-state index contributed by atoms with van der Waals surface area (Å²) in [6.07, 6.45) is 2.51. The summed E-state index contributed by atoms with van der Waals surface area (Å²) in [6.45, 7) is 2.09. The molecule has 1 saturated carbocycles. The summed E-state index contributed by atoms with van der Waals surface area (Å²) in [7, 11) is 0. The number of aromatic nitrogens is 1. The number of rotatable bonds is 3. The minimum absolute atomic E-state index is 0.0696. The van der Waals surface area contributed by atoms with Gasteiger partial charge in [0.15, 0.2) is 0 Å². The summed E-state index contributed by atoms with van der Waals surface area (Å²) in [6, 6.07) is 7.67. The van der Waals surface area contributed by atoms with E-state index in [9.17, 15) is 4.79 Å².